The summed E-state index contributed by atoms with van der Waals surface area (Å²) in [6.45, 7) is 1.29. The van der Waals surface area contributed by atoms with Crippen LogP contribution < -0.4 is 11.5 Å². The fraction of sp³-hybridized carbons (Fsp3) is 0.750. The van der Waals surface area contributed by atoms with Crippen molar-refractivity contribution >= 4 is 23.6 Å². The average molecular weight is 451 g/mol. The van der Waals surface area contributed by atoms with Crippen LogP contribution in [0.1, 0.15) is 45.4 Å². The number of hydrogen-bond donors (Lipinski definition) is 3. The van der Waals surface area contributed by atoms with E-state index in [1.807, 2.05) is 0 Å². The summed E-state index contributed by atoms with van der Waals surface area (Å²) < 4.78 is 78.8. The van der Waals surface area contributed by atoms with E-state index in [0.717, 1.165) is 0 Å². The Morgan fingerprint density at radius 2 is 1.50 bits per heavy atom. The summed E-state index contributed by atoms with van der Waals surface area (Å²) >= 11 is 0. The van der Waals surface area contributed by atoms with Crippen LogP contribution in [0.2, 0.25) is 0 Å². The smallest absolute Gasteiger partial charge is 0.471 e. The summed E-state index contributed by atoms with van der Waals surface area (Å²) in [5.41, 5.74) is 6.46. The van der Waals surface area contributed by atoms with Gasteiger partial charge in [-0.05, 0) is 45.6 Å². The highest BCUT2D eigenvalue weighted by Crippen LogP contribution is 2.36. The number of Topliss-reactive ketones (excluding diaryl/α,β-unsaturated/α-hetero) is 1. The standard InChI is InChI=1S/C16H23F6N3O5/c1-9(24)5-4-6-10(26)25(12(28)16(20,21)22)14(13(29)30,7-2-3-8-23)11(27)15(17,18)19/h9H,2-8,23-24H2,1H3,(H,29,30)/t9?,14-/m1/s1. The summed E-state index contributed by atoms with van der Waals surface area (Å²) in [6, 6.07) is -0.532. The number of aliphatic carboxylic acids is 1. The van der Waals surface area contributed by atoms with Crippen LogP contribution in [0.5, 0.6) is 0 Å². The van der Waals surface area contributed by atoms with Crippen LogP contribution in [0.3, 0.4) is 0 Å². The molecule has 174 valence electrons. The highest BCUT2D eigenvalue weighted by Gasteiger charge is 2.66. The van der Waals surface area contributed by atoms with Crippen molar-refractivity contribution in [2.24, 2.45) is 11.5 Å². The predicted molar refractivity (Wildman–Crippen MR) is 89.7 cm³/mol. The summed E-state index contributed by atoms with van der Waals surface area (Å²) in [7, 11) is 0. The molecule has 0 radical (unpaired) electrons. The van der Waals surface area contributed by atoms with Crippen molar-refractivity contribution in [3.63, 3.8) is 0 Å². The highest BCUT2D eigenvalue weighted by atomic mass is 19.4. The molecule has 0 fully saturated rings. The fourth-order valence-electron chi connectivity index (χ4n) is 2.70. The van der Waals surface area contributed by atoms with Gasteiger partial charge in [0.15, 0.2) is 0 Å². The Morgan fingerprint density at radius 3 is 1.87 bits per heavy atom. The first-order valence-corrected chi connectivity index (χ1v) is 8.78. The van der Waals surface area contributed by atoms with E-state index >= 15 is 0 Å². The van der Waals surface area contributed by atoms with E-state index in [9.17, 15) is 50.6 Å². The third kappa shape index (κ3) is 6.93. The Labute approximate surface area is 167 Å². The first-order chi connectivity index (χ1) is 13.5. The second kappa shape index (κ2) is 10.7. The first-order valence-electron chi connectivity index (χ1n) is 8.78. The molecule has 0 aromatic carbocycles. The molecule has 0 spiro atoms. The molecule has 0 bridgehead atoms. The third-order valence-corrected chi connectivity index (χ3v) is 4.11. The lowest BCUT2D eigenvalue weighted by atomic mass is 9.84. The van der Waals surface area contributed by atoms with Crippen molar-refractivity contribution in [3.8, 4) is 0 Å². The van der Waals surface area contributed by atoms with Crippen LogP contribution in [0.4, 0.5) is 26.3 Å². The molecule has 0 aliphatic heterocycles. The lowest BCUT2D eigenvalue weighted by molar-refractivity contribution is -0.208. The van der Waals surface area contributed by atoms with E-state index in [1.165, 1.54) is 6.92 Å². The number of rotatable bonds is 11. The third-order valence-electron chi connectivity index (χ3n) is 4.11. The van der Waals surface area contributed by atoms with Gasteiger partial charge in [-0.2, -0.15) is 26.3 Å². The molecule has 2 amide bonds. The summed E-state index contributed by atoms with van der Waals surface area (Å²) in [6.07, 6.45) is -15.1. The van der Waals surface area contributed by atoms with Gasteiger partial charge in [0.25, 0.3) is 5.78 Å². The van der Waals surface area contributed by atoms with E-state index in [0.29, 0.717) is 0 Å². The van der Waals surface area contributed by atoms with Gasteiger partial charge in [0.2, 0.25) is 11.4 Å². The van der Waals surface area contributed by atoms with E-state index in [1.54, 1.807) is 0 Å². The first kappa shape index (κ1) is 27.8. The number of unbranched alkanes of at least 4 members (excludes halogenated alkanes) is 1. The maximum absolute atomic E-state index is 13.2. The largest absolute Gasteiger partial charge is 0.479 e. The van der Waals surface area contributed by atoms with Gasteiger partial charge in [-0.3, -0.25) is 14.4 Å². The van der Waals surface area contributed by atoms with Gasteiger partial charge < -0.3 is 16.6 Å². The molecular formula is C16H23F6N3O5. The molecular weight excluding hydrogens is 428 g/mol. The van der Waals surface area contributed by atoms with Crippen molar-refractivity contribution in [3.05, 3.63) is 0 Å². The van der Waals surface area contributed by atoms with Gasteiger partial charge in [0, 0.05) is 12.5 Å². The van der Waals surface area contributed by atoms with Crippen molar-refractivity contribution < 1.29 is 50.6 Å². The molecule has 0 aromatic heterocycles. The van der Waals surface area contributed by atoms with Crippen LogP contribution in [-0.2, 0) is 19.2 Å². The molecule has 1 unspecified atom stereocenters. The lowest BCUT2D eigenvalue weighted by Gasteiger charge is -2.38. The van der Waals surface area contributed by atoms with Crippen LogP contribution in [0.25, 0.3) is 0 Å². The minimum atomic E-state index is -5.95. The Morgan fingerprint density at radius 1 is 0.967 bits per heavy atom. The number of imide groups is 1. The quantitative estimate of drug-likeness (QED) is 0.245. The number of nitrogens with two attached hydrogens (primary N) is 2. The van der Waals surface area contributed by atoms with Crippen molar-refractivity contribution in [2.45, 2.75) is 69.4 Å². The van der Waals surface area contributed by atoms with E-state index in [4.69, 9.17) is 11.5 Å². The minimum absolute atomic E-state index is 0.0419. The average Bonchev–Trinajstić information content (AvgIpc) is 2.57. The van der Waals surface area contributed by atoms with Gasteiger partial charge in [0.05, 0.1) is 0 Å². The van der Waals surface area contributed by atoms with Gasteiger partial charge in [0.1, 0.15) is 0 Å². The number of carboxylic acid groups (broad SMARTS) is 1. The molecule has 14 heteroatoms. The molecule has 0 saturated carbocycles. The molecule has 0 saturated heterocycles. The van der Waals surface area contributed by atoms with Crippen LogP contribution in [0, 0.1) is 0 Å². The number of hydrogen-bond acceptors (Lipinski definition) is 6. The second-order valence-corrected chi connectivity index (χ2v) is 6.64. The normalized spacial score (nSPS) is 15.2. The number of carbonyl (C=O) groups is 4. The fourth-order valence-corrected chi connectivity index (χ4v) is 2.70. The Kier molecular flexibility index (Phi) is 9.91. The number of alkyl halides is 6. The van der Waals surface area contributed by atoms with Gasteiger partial charge in [-0.1, -0.05) is 0 Å². The lowest BCUT2D eigenvalue weighted by Crippen LogP contribution is -2.68. The Balaban J connectivity index is 6.61. The van der Waals surface area contributed by atoms with Gasteiger partial charge >= 0.3 is 24.2 Å². The minimum Gasteiger partial charge on any atom is -0.479 e. The summed E-state index contributed by atoms with van der Waals surface area (Å²) in [4.78, 5) is 46.9. The number of amides is 2. The predicted octanol–water partition coefficient (Wildman–Crippen LogP) is 1.51. The van der Waals surface area contributed by atoms with Crippen LogP contribution >= 0.6 is 0 Å². The molecule has 0 aliphatic carbocycles. The molecule has 5 N–H and O–H groups in total. The van der Waals surface area contributed by atoms with Crippen LogP contribution in [0.15, 0.2) is 0 Å². The molecule has 0 heterocycles. The van der Waals surface area contributed by atoms with Crippen molar-refractivity contribution in [1.82, 2.24) is 4.90 Å². The zero-order chi connectivity index (χ0) is 23.9. The second-order valence-electron chi connectivity index (χ2n) is 6.64. The Bertz CT molecular complexity index is 650. The number of halogens is 6. The number of nitrogens with zero attached hydrogens (tertiary/aromatic N) is 1. The number of ketones is 1. The molecule has 0 aliphatic rings. The molecule has 30 heavy (non-hydrogen) atoms. The van der Waals surface area contributed by atoms with Crippen LogP contribution in [-0.4, -0.2) is 64.1 Å². The monoisotopic (exact) mass is 451 g/mol. The summed E-state index contributed by atoms with van der Waals surface area (Å²) in [5.74, 6) is -10.9. The number of carbonyl (C=O) groups excluding carboxylic acids is 3. The molecule has 0 aromatic rings. The van der Waals surface area contributed by atoms with E-state index in [2.05, 4.69) is 0 Å². The molecule has 0 rings (SSSR count). The maximum atomic E-state index is 13.2. The van der Waals surface area contributed by atoms with Gasteiger partial charge in [-0.15, -0.1) is 0 Å². The van der Waals surface area contributed by atoms with Gasteiger partial charge in [-0.25, -0.2) is 9.69 Å². The summed E-state index contributed by atoms with van der Waals surface area (Å²) in [5, 5.41) is 9.42. The SMILES string of the molecule is CC(N)CCCC(=O)N(C(=O)C(F)(F)F)[C@@](CCCCN)(C(=O)O)C(=O)C(F)(F)F. The zero-order valence-corrected chi connectivity index (χ0v) is 16.0. The van der Waals surface area contributed by atoms with E-state index in [-0.39, 0.29) is 25.8 Å². The van der Waals surface area contributed by atoms with Crippen molar-refractivity contribution in [2.75, 3.05) is 6.54 Å². The Hall–Kier alpha value is -2.22. The molecule has 2 atom stereocenters. The highest BCUT2D eigenvalue weighted by molar-refractivity contribution is 6.17. The topological polar surface area (TPSA) is 144 Å². The number of carboxylic acids is 1. The van der Waals surface area contributed by atoms with E-state index < -0.39 is 71.7 Å². The van der Waals surface area contributed by atoms with Crippen molar-refractivity contribution in [1.29, 1.82) is 0 Å². The zero-order valence-electron chi connectivity index (χ0n) is 16.0. The maximum Gasteiger partial charge on any atom is 0.471 e. The molecule has 8 nitrogen and oxygen atoms in total.